The van der Waals surface area contributed by atoms with E-state index in [4.69, 9.17) is 10.5 Å². The van der Waals surface area contributed by atoms with E-state index in [9.17, 15) is 4.79 Å². The minimum atomic E-state index is -0.0543. The SMILES string of the molecule is COCCNC(=O)CN(C)c1cnccc1CN. The van der Waals surface area contributed by atoms with Gasteiger partial charge in [0.2, 0.25) is 5.91 Å². The van der Waals surface area contributed by atoms with E-state index in [1.54, 1.807) is 19.5 Å². The Labute approximate surface area is 107 Å². The molecule has 0 bridgehead atoms. The van der Waals surface area contributed by atoms with Crippen molar-refractivity contribution in [2.24, 2.45) is 5.73 Å². The lowest BCUT2D eigenvalue weighted by Crippen LogP contribution is -2.37. The molecule has 0 aliphatic carbocycles. The summed E-state index contributed by atoms with van der Waals surface area (Å²) < 4.78 is 4.86. The lowest BCUT2D eigenvalue weighted by Gasteiger charge is -2.20. The molecule has 100 valence electrons. The molecule has 18 heavy (non-hydrogen) atoms. The Morgan fingerprint density at radius 3 is 3.06 bits per heavy atom. The molecule has 0 saturated carbocycles. The van der Waals surface area contributed by atoms with Gasteiger partial charge >= 0.3 is 0 Å². The summed E-state index contributed by atoms with van der Waals surface area (Å²) in [7, 11) is 3.44. The molecule has 6 heteroatoms. The van der Waals surface area contributed by atoms with Crippen molar-refractivity contribution < 1.29 is 9.53 Å². The van der Waals surface area contributed by atoms with E-state index >= 15 is 0 Å². The number of carbonyl (C=O) groups is 1. The summed E-state index contributed by atoms with van der Waals surface area (Å²) in [4.78, 5) is 17.5. The fourth-order valence-corrected chi connectivity index (χ4v) is 1.58. The Morgan fingerprint density at radius 1 is 1.61 bits per heavy atom. The maximum atomic E-state index is 11.6. The van der Waals surface area contributed by atoms with E-state index < -0.39 is 0 Å². The van der Waals surface area contributed by atoms with Gasteiger partial charge in [-0.1, -0.05) is 0 Å². The molecule has 0 aliphatic rings. The van der Waals surface area contributed by atoms with Crippen LogP contribution in [0.5, 0.6) is 0 Å². The smallest absolute Gasteiger partial charge is 0.239 e. The fraction of sp³-hybridized carbons (Fsp3) is 0.500. The number of likely N-dealkylation sites (N-methyl/N-ethyl adjacent to an activating group) is 1. The predicted molar refractivity (Wildman–Crippen MR) is 70.3 cm³/mol. The standard InChI is InChI=1S/C12H20N4O2/c1-16(9-12(17)15-5-6-18-2)11-8-14-4-3-10(11)7-13/h3-4,8H,5-7,9,13H2,1-2H3,(H,15,17). The van der Waals surface area contributed by atoms with Gasteiger partial charge in [0.05, 0.1) is 25.0 Å². The molecule has 0 saturated heterocycles. The zero-order chi connectivity index (χ0) is 13.4. The number of aromatic nitrogens is 1. The number of carbonyl (C=O) groups excluding carboxylic acids is 1. The number of rotatable bonds is 7. The Balaban J connectivity index is 2.53. The van der Waals surface area contributed by atoms with Gasteiger partial charge in [-0.25, -0.2) is 0 Å². The molecule has 1 rings (SSSR count). The fourth-order valence-electron chi connectivity index (χ4n) is 1.58. The number of ether oxygens (including phenoxy) is 1. The molecule has 0 aliphatic heterocycles. The van der Waals surface area contributed by atoms with Crippen molar-refractivity contribution in [1.82, 2.24) is 10.3 Å². The monoisotopic (exact) mass is 252 g/mol. The predicted octanol–water partition coefficient (Wildman–Crippen LogP) is -0.261. The van der Waals surface area contributed by atoms with Crippen LogP contribution in [0.25, 0.3) is 0 Å². The molecular weight excluding hydrogens is 232 g/mol. The molecule has 1 amide bonds. The minimum Gasteiger partial charge on any atom is -0.383 e. The van der Waals surface area contributed by atoms with E-state index in [1.165, 1.54) is 0 Å². The largest absolute Gasteiger partial charge is 0.383 e. The van der Waals surface area contributed by atoms with Crippen LogP contribution in [-0.2, 0) is 16.1 Å². The molecule has 0 atom stereocenters. The highest BCUT2D eigenvalue weighted by atomic mass is 16.5. The number of pyridine rings is 1. The van der Waals surface area contributed by atoms with Gasteiger partial charge in [-0.05, 0) is 11.6 Å². The van der Waals surface area contributed by atoms with Gasteiger partial charge in [0.25, 0.3) is 0 Å². The molecular formula is C12H20N4O2. The Hall–Kier alpha value is -1.66. The zero-order valence-corrected chi connectivity index (χ0v) is 10.8. The van der Waals surface area contributed by atoms with Crippen LogP contribution in [0, 0.1) is 0 Å². The molecule has 6 nitrogen and oxygen atoms in total. The van der Waals surface area contributed by atoms with Gasteiger partial charge in [0, 0.05) is 33.4 Å². The van der Waals surface area contributed by atoms with Crippen LogP contribution >= 0.6 is 0 Å². The van der Waals surface area contributed by atoms with Crippen molar-refractivity contribution in [1.29, 1.82) is 0 Å². The first-order valence-electron chi connectivity index (χ1n) is 5.78. The molecule has 3 N–H and O–H groups in total. The molecule has 0 radical (unpaired) electrons. The van der Waals surface area contributed by atoms with Crippen LogP contribution in [0.3, 0.4) is 0 Å². The van der Waals surface area contributed by atoms with Crippen LogP contribution in [0.4, 0.5) is 5.69 Å². The average molecular weight is 252 g/mol. The summed E-state index contributed by atoms with van der Waals surface area (Å²) in [5.41, 5.74) is 7.49. The van der Waals surface area contributed by atoms with Crippen molar-refractivity contribution in [3.05, 3.63) is 24.0 Å². The number of amides is 1. The first-order valence-corrected chi connectivity index (χ1v) is 5.78. The van der Waals surface area contributed by atoms with Crippen molar-refractivity contribution in [3.63, 3.8) is 0 Å². The van der Waals surface area contributed by atoms with Crippen LogP contribution in [-0.4, -0.2) is 44.7 Å². The number of nitrogens with two attached hydrogens (primary N) is 1. The van der Waals surface area contributed by atoms with Gasteiger partial charge in [0.15, 0.2) is 0 Å². The maximum Gasteiger partial charge on any atom is 0.239 e. The summed E-state index contributed by atoms with van der Waals surface area (Å²) in [6.45, 7) is 1.71. The van der Waals surface area contributed by atoms with Crippen LogP contribution < -0.4 is 16.0 Å². The summed E-state index contributed by atoms with van der Waals surface area (Å²) in [6, 6.07) is 1.86. The van der Waals surface area contributed by atoms with Gasteiger partial charge in [0.1, 0.15) is 0 Å². The normalized spacial score (nSPS) is 10.2. The van der Waals surface area contributed by atoms with Crippen LogP contribution in [0.1, 0.15) is 5.56 Å². The molecule has 1 heterocycles. The van der Waals surface area contributed by atoms with Crippen molar-refractivity contribution >= 4 is 11.6 Å². The van der Waals surface area contributed by atoms with Crippen LogP contribution in [0.2, 0.25) is 0 Å². The first kappa shape index (κ1) is 14.4. The number of methoxy groups -OCH3 is 1. The number of hydrogen-bond acceptors (Lipinski definition) is 5. The van der Waals surface area contributed by atoms with E-state index in [2.05, 4.69) is 10.3 Å². The molecule has 1 aromatic heterocycles. The summed E-state index contributed by atoms with van der Waals surface area (Å²) >= 11 is 0. The van der Waals surface area contributed by atoms with E-state index in [0.717, 1.165) is 11.3 Å². The van der Waals surface area contributed by atoms with Crippen molar-refractivity contribution in [2.45, 2.75) is 6.54 Å². The van der Waals surface area contributed by atoms with E-state index in [-0.39, 0.29) is 12.5 Å². The molecule has 0 aromatic carbocycles. The van der Waals surface area contributed by atoms with Gasteiger partial charge in [-0.15, -0.1) is 0 Å². The minimum absolute atomic E-state index is 0.0543. The van der Waals surface area contributed by atoms with Crippen molar-refractivity contribution in [2.75, 3.05) is 38.8 Å². The topological polar surface area (TPSA) is 80.5 Å². The Bertz CT molecular complexity index is 384. The molecule has 0 unspecified atom stereocenters. The van der Waals surface area contributed by atoms with Gasteiger partial charge in [-0.3, -0.25) is 9.78 Å². The Morgan fingerprint density at radius 2 is 2.39 bits per heavy atom. The second-order valence-corrected chi connectivity index (χ2v) is 3.91. The number of nitrogens with zero attached hydrogens (tertiary/aromatic N) is 2. The second kappa shape index (κ2) is 7.62. The maximum absolute atomic E-state index is 11.6. The van der Waals surface area contributed by atoms with Crippen molar-refractivity contribution in [3.8, 4) is 0 Å². The summed E-state index contributed by atoms with van der Waals surface area (Å²) in [5.74, 6) is -0.0543. The molecule has 0 spiro atoms. The quantitative estimate of drug-likeness (QED) is 0.653. The highest BCUT2D eigenvalue weighted by Gasteiger charge is 2.10. The number of anilines is 1. The zero-order valence-electron chi connectivity index (χ0n) is 10.8. The highest BCUT2D eigenvalue weighted by Crippen LogP contribution is 2.16. The van der Waals surface area contributed by atoms with E-state index in [0.29, 0.717) is 19.7 Å². The summed E-state index contributed by atoms with van der Waals surface area (Å²) in [6.07, 6.45) is 3.41. The highest BCUT2D eigenvalue weighted by molar-refractivity contribution is 5.81. The number of nitrogens with one attached hydrogen (secondary N) is 1. The van der Waals surface area contributed by atoms with Gasteiger partial charge < -0.3 is 20.7 Å². The third-order valence-electron chi connectivity index (χ3n) is 2.53. The van der Waals surface area contributed by atoms with Gasteiger partial charge in [-0.2, -0.15) is 0 Å². The third kappa shape index (κ3) is 4.31. The summed E-state index contributed by atoms with van der Waals surface area (Å²) in [5, 5.41) is 2.76. The lowest BCUT2D eigenvalue weighted by molar-refractivity contribution is -0.119. The third-order valence-corrected chi connectivity index (χ3v) is 2.53. The Kier molecular flexibility index (Phi) is 6.10. The lowest BCUT2D eigenvalue weighted by atomic mass is 10.2. The average Bonchev–Trinajstić information content (AvgIpc) is 2.39. The molecule has 1 aromatic rings. The van der Waals surface area contributed by atoms with E-state index in [1.807, 2.05) is 18.0 Å². The number of hydrogen-bond donors (Lipinski definition) is 2. The second-order valence-electron chi connectivity index (χ2n) is 3.91. The molecule has 0 fully saturated rings. The van der Waals surface area contributed by atoms with Crippen LogP contribution in [0.15, 0.2) is 18.5 Å². The first-order chi connectivity index (χ1) is 8.69.